The monoisotopic (exact) mass is 224 g/mol. The highest BCUT2D eigenvalue weighted by Gasteiger charge is 1.97. The quantitative estimate of drug-likeness (QED) is 0.868. The van der Waals surface area contributed by atoms with Gasteiger partial charge in [-0.25, -0.2) is 9.97 Å². The highest BCUT2D eigenvalue weighted by molar-refractivity contribution is 5.38. The maximum absolute atomic E-state index is 8.79. The minimum Gasteiger partial charge on any atom is -0.366 e. The lowest BCUT2D eigenvalue weighted by Crippen LogP contribution is -2.02. The summed E-state index contributed by atoms with van der Waals surface area (Å²) in [6.45, 7) is 2.56. The molecule has 1 aromatic carbocycles. The fraction of sp³-hybridized carbons (Fsp3) is 0.154. The zero-order valence-electron chi connectivity index (χ0n) is 9.51. The SMILES string of the molecule is Cc1cc(NCc2cccc(C#N)c2)ncn1. The van der Waals surface area contributed by atoms with Gasteiger partial charge in [0.1, 0.15) is 12.1 Å². The van der Waals surface area contributed by atoms with Crippen LogP contribution in [0, 0.1) is 18.3 Å². The van der Waals surface area contributed by atoms with Crippen LogP contribution in [-0.4, -0.2) is 9.97 Å². The molecule has 2 aromatic rings. The highest BCUT2D eigenvalue weighted by Crippen LogP contribution is 2.08. The zero-order chi connectivity index (χ0) is 12.1. The highest BCUT2D eigenvalue weighted by atomic mass is 15.0. The van der Waals surface area contributed by atoms with Crippen LogP contribution < -0.4 is 5.32 Å². The van der Waals surface area contributed by atoms with Crippen molar-refractivity contribution < 1.29 is 0 Å². The summed E-state index contributed by atoms with van der Waals surface area (Å²) in [5.74, 6) is 0.792. The Balaban J connectivity index is 2.05. The van der Waals surface area contributed by atoms with E-state index in [1.165, 1.54) is 6.33 Å². The van der Waals surface area contributed by atoms with Crippen LogP contribution in [0.1, 0.15) is 16.8 Å². The predicted octanol–water partition coefficient (Wildman–Crippen LogP) is 2.27. The van der Waals surface area contributed by atoms with E-state index in [1.807, 2.05) is 31.2 Å². The summed E-state index contributed by atoms with van der Waals surface area (Å²) in [6.07, 6.45) is 1.53. The van der Waals surface area contributed by atoms with E-state index >= 15 is 0 Å². The van der Waals surface area contributed by atoms with Gasteiger partial charge >= 0.3 is 0 Å². The molecule has 0 aliphatic rings. The summed E-state index contributed by atoms with van der Waals surface area (Å²) >= 11 is 0. The number of aromatic nitrogens is 2. The van der Waals surface area contributed by atoms with Gasteiger partial charge in [-0.3, -0.25) is 0 Å². The summed E-state index contributed by atoms with van der Waals surface area (Å²) in [4.78, 5) is 8.14. The summed E-state index contributed by atoms with van der Waals surface area (Å²) in [5.41, 5.74) is 2.65. The van der Waals surface area contributed by atoms with Crippen LogP contribution in [0.3, 0.4) is 0 Å². The fourth-order valence-corrected chi connectivity index (χ4v) is 1.49. The summed E-state index contributed by atoms with van der Waals surface area (Å²) in [7, 11) is 0. The standard InChI is InChI=1S/C13H12N4/c1-10-5-13(17-9-16-10)15-8-12-4-2-3-11(6-12)7-14/h2-6,9H,8H2,1H3,(H,15,16,17). The molecule has 0 spiro atoms. The van der Waals surface area contributed by atoms with Crippen molar-refractivity contribution in [3.05, 3.63) is 53.5 Å². The van der Waals surface area contributed by atoms with Crippen molar-refractivity contribution in [1.82, 2.24) is 9.97 Å². The molecule has 17 heavy (non-hydrogen) atoms. The Labute approximate surface area is 100.0 Å². The largest absolute Gasteiger partial charge is 0.366 e. The van der Waals surface area contributed by atoms with E-state index in [9.17, 15) is 0 Å². The smallest absolute Gasteiger partial charge is 0.129 e. The van der Waals surface area contributed by atoms with Crippen LogP contribution in [0.2, 0.25) is 0 Å². The Morgan fingerprint density at radius 3 is 2.94 bits per heavy atom. The van der Waals surface area contributed by atoms with Crippen LogP contribution in [-0.2, 0) is 6.54 Å². The second kappa shape index (κ2) is 5.08. The number of hydrogen-bond donors (Lipinski definition) is 1. The number of rotatable bonds is 3. The van der Waals surface area contributed by atoms with E-state index < -0.39 is 0 Å². The molecule has 0 fully saturated rings. The van der Waals surface area contributed by atoms with Gasteiger partial charge in [0.15, 0.2) is 0 Å². The van der Waals surface area contributed by atoms with Crippen molar-refractivity contribution in [3.63, 3.8) is 0 Å². The topological polar surface area (TPSA) is 61.6 Å². The minimum atomic E-state index is 0.645. The second-order valence-corrected chi connectivity index (χ2v) is 3.71. The maximum atomic E-state index is 8.79. The molecular formula is C13H12N4. The normalized spacial score (nSPS) is 9.65. The number of nitriles is 1. The maximum Gasteiger partial charge on any atom is 0.129 e. The third-order valence-corrected chi connectivity index (χ3v) is 2.33. The van der Waals surface area contributed by atoms with Gasteiger partial charge in [-0.1, -0.05) is 12.1 Å². The molecule has 0 aliphatic carbocycles. The zero-order valence-corrected chi connectivity index (χ0v) is 9.51. The van der Waals surface area contributed by atoms with E-state index in [2.05, 4.69) is 21.4 Å². The van der Waals surface area contributed by atoms with E-state index in [4.69, 9.17) is 5.26 Å². The Kier molecular flexibility index (Phi) is 3.31. The summed E-state index contributed by atoms with van der Waals surface area (Å²) in [6, 6.07) is 11.5. The van der Waals surface area contributed by atoms with Gasteiger partial charge in [-0.2, -0.15) is 5.26 Å². The van der Waals surface area contributed by atoms with Crippen molar-refractivity contribution >= 4 is 5.82 Å². The number of nitrogens with one attached hydrogen (secondary N) is 1. The van der Waals surface area contributed by atoms with Gasteiger partial charge in [0.25, 0.3) is 0 Å². The molecule has 0 saturated carbocycles. The van der Waals surface area contributed by atoms with Crippen LogP contribution in [0.4, 0.5) is 5.82 Å². The van der Waals surface area contributed by atoms with Gasteiger partial charge in [-0.15, -0.1) is 0 Å². The Morgan fingerprint density at radius 1 is 1.29 bits per heavy atom. The lowest BCUT2D eigenvalue weighted by atomic mass is 10.1. The molecule has 0 unspecified atom stereocenters. The van der Waals surface area contributed by atoms with Crippen molar-refractivity contribution in [1.29, 1.82) is 5.26 Å². The number of aryl methyl sites for hydroxylation is 1. The average molecular weight is 224 g/mol. The molecule has 0 radical (unpaired) electrons. The molecule has 0 amide bonds. The fourth-order valence-electron chi connectivity index (χ4n) is 1.49. The molecule has 0 atom stereocenters. The first-order valence-electron chi connectivity index (χ1n) is 5.29. The summed E-state index contributed by atoms with van der Waals surface area (Å²) in [5, 5.41) is 12.0. The molecule has 4 nitrogen and oxygen atoms in total. The number of benzene rings is 1. The van der Waals surface area contributed by atoms with Crippen LogP contribution in [0.15, 0.2) is 36.7 Å². The van der Waals surface area contributed by atoms with Crippen LogP contribution >= 0.6 is 0 Å². The Hall–Kier alpha value is -2.41. The molecule has 0 saturated heterocycles. The summed E-state index contributed by atoms with van der Waals surface area (Å²) < 4.78 is 0. The van der Waals surface area contributed by atoms with Gasteiger partial charge in [0, 0.05) is 18.3 Å². The molecule has 0 aliphatic heterocycles. The number of hydrogen-bond acceptors (Lipinski definition) is 4. The first-order chi connectivity index (χ1) is 8.28. The first kappa shape index (κ1) is 11.1. The first-order valence-corrected chi connectivity index (χ1v) is 5.29. The van der Waals surface area contributed by atoms with Crippen molar-refractivity contribution in [3.8, 4) is 6.07 Å². The molecule has 1 aromatic heterocycles. The van der Waals surface area contributed by atoms with E-state index in [0.717, 1.165) is 17.1 Å². The van der Waals surface area contributed by atoms with Crippen molar-refractivity contribution in [2.45, 2.75) is 13.5 Å². The molecule has 1 N–H and O–H groups in total. The van der Waals surface area contributed by atoms with Crippen LogP contribution in [0.25, 0.3) is 0 Å². The second-order valence-electron chi connectivity index (χ2n) is 3.71. The lowest BCUT2D eigenvalue weighted by molar-refractivity contribution is 1.05. The van der Waals surface area contributed by atoms with Gasteiger partial charge < -0.3 is 5.32 Å². The molecule has 2 rings (SSSR count). The van der Waals surface area contributed by atoms with Gasteiger partial charge in [0.05, 0.1) is 11.6 Å². The third kappa shape index (κ3) is 3.02. The van der Waals surface area contributed by atoms with Gasteiger partial charge in [-0.05, 0) is 24.6 Å². The molecular weight excluding hydrogens is 212 g/mol. The van der Waals surface area contributed by atoms with Crippen molar-refractivity contribution in [2.24, 2.45) is 0 Å². The molecule has 4 heteroatoms. The average Bonchev–Trinajstić information content (AvgIpc) is 2.37. The lowest BCUT2D eigenvalue weighted by Gasteiger charge is -2.05. The van der Waals surface area contributed by atoms with Crippen LogP contribution in [0.5, 0.6) is 0 Å². The van der Waals surface area contributed by atoms with E-state index in [-0.39, 0.29) is 0 Å². The van der Waals surface area contributed by atoms with E-state index in [0.29, 0.717) is 12.1 Å². The Bertz CT molecular complexity index is 557. The van der Waals surface area contributed by atoms with Crippen molar-refractivity contribution in [2.75, 3.05) is 5.32 Å². The Morgan fingerprint density at radius 2 is 2.18 bits per heavy atom. The minimum absolute atomic E-state index is 0.645. The molecule has 0 bridgehead atoms. The predicted molar refractivity (Wildman–Crippen MR) is 65.3 cm³/mol. The molecule has 84 valence electrons. The number of nitrogens with zero attached hydrogens (tertiary/aromatic N) is 3. The third-order valence-electron chi connectivity index (χ3n) is 2.33. The van der Waals surface area contributed by atoms with Gasteiger partial charge in [0.2, 0.25) is 0 Å². The van der Waals surface area contributed by atoms with E-state index in [1.54, 1.807) is 6.07 Å². The number of anilines is 1. The molecule has 1 heterocycles.